The lowest BCUT2D eigenvalue weighted by Crippen LogP contribution is -2.50. The first kappa shape index (κ1) is 16.7. The van der Waals surface area contributed by atoms with Crippen LogP contribution in [0.4, 0.5) is 0 Å². The van der Waals surface area contributed by atoms with Crippen LogP contribution < -0.4 is 5.43 Å². The van der Waals surface area contributed by atoms with Crippen LogP contribution in [0.3, 0.4) is 0 Å². The smallest absolute Gasteiger partial charge is 0.289 e. The number of aliphatic hydroxyl groups excluding tert-OH is 1. The largest absolute Gasteiger partial charge is 0.451 e. The van der Waals surface area contributed by atoms with Crippen molar-refractivity contribution in [1.82, 2.24) is 9.80 Å². The number of hydrogen-bond acceptors (Lipinski definition) is 5. The predicted molar refractivity (Wildman–Crippen MR) is 91.1 cm³/mol. The van der Waals surface area contributed by atoms with Crippen molar-refractivity contribution in [2.24, 2.45) is 0 Å². The van der Waals surface area contributed by atoms with Crippen LogP contribution in [-0.2, 0) is 0 Å². The Hall–Kier alpha value is -2.18. The number of aliphatic hydroxyl groups is 1. The second kappa shape index (κ2) is 7.15. The molecule has 1 atom stereocenters. The Labute approximate surface area is 140 Å². The molecule has 1 saturated heterocycles. The summed E-state index contributed by atoms with van der Waals surface area (Å²) < 4.78 is 5.62. The third kappa shape index (κ3) is 3.49. The Bertz CT molecular complexity index is 778. The van der Waals surface area contributed by atoms with E-state index in [1.165, 1.54) is 6.07 Å². The van der Waals surface area contributed by atoms with E-state index in [1.807, 2.05) is 6.92 Å². The predicted octanol–water partition coefficient (Wildman–Crippen LogP) is 1.32. The Morgan fingerprint density at radius 2 is 1.96 bits per heavy atom. The monoisotopic (exact) mass is 330 g/mol. The number of para-hydroxylation sites is 1. The minimum Gasteiger partial charge on any atom is -0.451 e. The van der Waals surface area contributed by atoms with Crippen molar-refractivity contribution >= 4 is 16.9 Å². The number of hydrogen-bond donors (Lipinski definition) is 1. The number of β-amino-alcohol motifs (C(OH)–C–C–N with tert-alkyl or cyclic N) is 1. The van der Waals surface area contributed by atoms with Gasteiger partial charge in [-0.2, -0.15) is 0 Å². The first-order valence-corrected chi connectivity index (χ1v) is 8.31. The zero-order valence-corrected chi connectivity index (χ0v) is 13.8. The number of carbonyl (C=O) groups excluding carboxylic acids is 1. The van der Waals surface area contributed by atoms with Crippen LogP contribution in [0, 0.1) is 0 Å². The standard InChI is InChI=1S/C18H22N2O4/c1-2-13(21)12-19-7-9-20(10-8-19)18(23)17-11-15(22)14-5-3-4-6-16(14)24-17/h3-6,11,13,21H,2,7-10,12H2,1H3. The highest BCUT2D eigenvalue weighted by Gasteiger charge is 2.25. The van der Waals surface area contributed by atoms with Crippen LogP contribution in [-0.4, -0.2) is 59.6 Å². The molecule has 0 radical (unpaired) electrons. The van der Waals surface area contributed by atoms with Gasteiger partial charge in [0, 0.05) is 38.8 Å². The fourth-order valence-corrected chi connectivity index (χ4v) is 2.93. The SMILES string of the molecule is CCC(O)CN1CCN(C(=O)c2cc(=O)c3ccccc3o2)CC1. The van der Waals surface area contributed by atoms with Crippen molar-refractivity contribution in [3.05, 3.63) is 46.3 Å². The van der Waals surface area contributed by atoms with Crippen LogP contribution in [0.15, 0.2) is 39.5 Å². The molecule has 6 nitrogen and oxygen atoms in total. The summed E-state index contributed by atoms with van der Waals surface area (Å²) in [5.41, 5.74) is 0.225. The molecule has 24 heavy (non-hydrogen) atoms. The van der Waals surface area contributed by atoms with Gasteiger partial charge in [-0.05, 0) is 18.6 Å². The molecule has 1 fully saturated rings. The van der Waals surface area contributed by atoms with Gasteiger partial charge in [0.25, 0.3) is 5.91 Å². The van der Waals surface area contributed by atoms with Gasteiger partial charge in [-0.1, -0.05) is 19.1 Å². The van der Waals surface area contributed by atoms with Crippen LogP contribution in [0.2, 0.25) is 0 Å². The van der Waals surface area contributed by atoms with Gasteiger partial charge in [0.05, 0.1) is 11.5 Å². The van der Waals surface area contributed by atoms with Gasteiger partial charge in [0.2, 0.25) is 0 Å². The lowest BCUT2D eigenvalue weighted by Gasteiger charge is -2.35. The molecule has 1 unspecified atom stereocenters. The molecular weight excluding hydrogens is 308 g/mol. The van der Waals surface area contributed by atoms with Gasteiger partial charge >= 0.3 is 0 Å². The molecule has 0 saturated carbocycles. The van der Waals surface area contributed by atoms with Crippen LogP contribution >= 0.6 is 0 Å². The molecule has 1 N–H and O–H groups in total. The van der Waals surface area contributed by atoms with E-state index in [1.54, 1.807) is 29.2 Å². The lowest BCUT2D eigenvalue weighted by atomic mass is 10.2. The maximum atomic E-state index is 12.6. The number of fused-ring (bicyclic) bond motifs is 1. The van der Waals surface area contributed by atoms with Crippen molar-refractivity contribution < 1.29 is 14.3 Å². The zero-order chi connectivity index (χ0) is 17.1. The fourth-order valence-electron chi connectivity index (χ4n) is 2.93. The van der Waals surface area contributed by atoms with E-state index < -0.39 is 0 Å². The molecule has 6 heteroatoms. The Balaban J connectivity index is 1.71. The van der Waals surface area contributed by atoms with Gasteiger partial charge in [-0.25, -0.2) is 0 Å². The van der Waals surface area contributed by atoms with Crippen molar-refractivity contribution in [1.29, 1.82) is 0 Å². The van der Waals surface area contributed by atoms with Gasteiger partial charge in [0.15, 0.2) is 11.2 Å². The summed E-state index contributed by atoms with van der Waals surface area (Å²) >= 11 is 0. The quantitative estimate of drug-likeness (QED) is 0.915. The molecule has 2 aromatic rings. The Kier molecular flexibility index (Phi) is 4.97. The number of amides is 1. The van der Waals surface area contributed by atoms with Gasteiger partial charge in [-0.15, -0.1) is 0 Å². The maximum Gasteiger partial charge on any atom is 0.289 e. The number of rotatable bonds is 4. The van der Waals surface area contributed by atoms with E-state index in [2.05, 4.69) is 4.90 Å². The molecule has 1 aromatic carbocycles. The third-order valence-corrected chi connectivity index (χ3v) is 4.45. The summed E-state index contributed by atoms with van der Waals surface area (Å²) in [5, 5.41) is 10.2. The molecule has 3 rings (SSSR count). The molecule has 1 aliphatic rings. The first-order valence-electron chi connectivity index (χ1n) is 8.31. The van der Waals surface area contributed by atoms with Crippen molar-refractivity contribution in [3.63, 3.8) is 0 Å². The molecule has 0 aliphatic carbocycles. The molecule has 0 spiro atoms. The van der Waals surface area contributed by atoms with Crippen LogP contribution in [0.25, 0.3) is 11.0 Å². The average Bonchev–Trinajstić information content (AvgIpc) is 2.61. The number of carbonyl (C=O) groups is 1. The Morgan fingerprint density at radius 1 is 1.25 bits per heavy atom. The second-order valence-corrected chi connectivity index (χ2v) is 6.13. The topological polar surface area (TPSA) is 74.0 Å². The number of piperazine rings is 1. The van der Waals surface area contributed by atoms with Crippen molar-refractivity contribution in [3.8, 4) is 0 Å². The fraction of sp³-hybridized carbons (Fsp3) is 0.444. The highest BCUT2D eigenvalue weighted by atomic mass is 16.3. The first-order chi connectivity index (χ1) is 11.6. The van der Waals surface area contributed by atoms with Crippen molar-refractivity contribution in [2.75, 3.05) is 32.7 Å². The minimum absolute atomic E-state index is 0.0840. The van der Waals surface area contributed by atoms with E-state index in [-0.39, 0.29) is 23.2 Å². The van der Waals surface area contributed by atoms with Crippen LogP contribution in [0.5, 0.6) is 0 Å². The molecule has 1 aliphatic heterocycles. The van der Waals surface area contributed by atoms with Gasteiger partial charge < -0.3 is 14.4 Å². The molecule has 1 amide bonds. The summed E-state index contributed by atoms with van der Waals surface area (Å²) in [6.45, 7) is 5.12. The summed E-state index contributed by atoms with van der Waals surface area (Å²) in [6.07, 6.45) is 0.396. The molecule has 0 bridgehead atoms. The van der Waals surface area contributed by atoms with E-state index in [0.717, 1.165) is 6.42 Å². The third-order valence-electron chi connectivity index (χ3n) is 4.45. The normalized spacial score (nSPS) is 17.2. The van der Waals surface area contributed by atoms with Gasteiger partial charge in [-0.3, -0.25) is 14.5 Å². The zero-order valence-electron chi connectivity index (χ0n) is 13.8. The number of nitrogens with zero attached hydrogens (tertiary/aromatic N) is 2. The minimum atomic E-state index is -0.328. The lowest BCUT2D eigenvalue weighted by molar-refractivity contribution is 0.0500. The van der Waals surface area contributed by atoms with Crippen LogP contribution in [0.1, 0.15) is 23.9 Å². The molecule has 1 aromatic heterocycles. The van der Waals surface area contributed by atoms with Gasteiger partial charge in [0.1, 0.15) is 5.58 Å². The number of benzene rings is 1. The Morgan fingerprint density at radius 3 is 2.67 bits per heavy atom. The van der Waals surface area contributed by atoms with E-state index in [0.29, 0.717) is 43.7 Å². The second-order valence-electron chi connectivity index (χ2n) is 6.13. The van der Waals surface area contributed by atoms with E-state index in [4.69, 9.17) is 4.42 Å². The van der Waals surface area contributed by atoms with E-state index >= 15 is 0 Å². The highest BCUT2D eigenvalue weighted by Crippen LogP contribution is 2.14. The average molecular weight is 330 g/mol. The summed E-state index contributed by atoms with van der Waals surface area (Å²) in [5.74, 6) is -0.172. The van der Waals surface area contributed by atoms with Crippen molar-refractivity contribution in [2.45, 2.75) is 19.4 Å². The molecule has 2 heterocycles. The maximum absolute atomic E-state index is 12.6. The summed E-state index contributed by atoms with van der Waals surface area (Å²) in [4.78, 5) is 28.6. The molecule has 128 valence electrons. The highest BCUT2D eigenvalue weighted by molar-refractivity contribution is 5.93. The molecular formula is C18H22N2O4. The van der Waals surface area contributed by atoms with E-state index in [9.17, 15) is 14.7 Å². The summed E-state index contributed by atoms with van der Waals surface area (Å²) in [7, 11) is 0. The summed E-state index contributed by atoms with van der Waals surface area (Å²) in [6, 6.07) is 8.20.